The van der Waals surface area contributed by atoms with Crippen molar-refractivity contribution in [2.75, 3.05) is 25.0 Å². The number of β-amino-alcohol motifs (C(OH)–C–C–N with tert-alkyl or cyclic N) is 1. The van der Waals surface area contributed by atoms with Crippen molar-refractivity contribution in [3.8, 4) is 11.1 Å². The highest BCUT2D eigenvalue weighted by atomic mass is 16.3. The first-order chi connectivity index (χ1) is 19.7. The summed E-state index contributed by atoms with van der Waals surface area (Å²) in [4.78, 5) is 30.8. The van der Waals surface area contributed by atoms with Crippen LogP contribution in [0, 0.1) is 12.8 Å². The molecule has 3 aromatic rings. The number of aliphatic hydroxyl groups excluding tert-OH is 1. The van der Waals surface area contributed by atoms with Crippen LogP contribution in [0.4, 0.5) is 5.82 Å². The molecule has 5 rings (SSSR count). The molecule has 2 aromatic heterocycles. The Morgan fingerprint density at radius 3 is 2.55 bits per heavy atom. The molecule has 1 saturated heterocycles. The molecule has 2 atom stereocenters. The van der Waals surface area contributed by atoms with Crippen molar-refractivity contribution in [3.05, 3.63) is 77.8 Å². The fourth-order valence-electron chi connectivity index (χ4n) is 5.34. The molecular formula is C33H50N6O3. The van der Waals surface area contributed by atoms with Gasteiger partial charge in [-0.15, -0.1) is 0 Å². The van der Waals surface area contributed by atoms with Gasteiger partial charge in [0, 0.05) is 51.3 Å². The first kappa shape index (κ1) is 32.8. The number of carbonyl (C=O) groups excluding carboxylic acids is 2. The molecule has 0 bridgehead atoms. The highest BCUT2D eigenvalue weighted by Crippen LogP contribution is 2.38. The normalized spacial score (nSPS) is 17.7. The number of anilines is 1. The molecule has 1 aliphatic carbocycles. The van der Waals surface area contributed by atoms with E-state index in [2.05, 4.69) is 45.3 Å². The van der Waals surface area contributed by atoms with Crippen molar-refractivity contribution < 1.29 is 17.5 Å². The molecule has 2 unspecified atom stereocenters. The Bertz CT molecular complexity index is 1340. The largest absolute Gasteiger partial charge is 0.392 e. The average molecular weight is 579 g/mol. The fourth-order valence-corrected chi connectivity index (χ4v) is 5.34. The number of likely N-dealkylation sites (tertiary alicyclic amines) is 1. The van der Waals surface area contributed by atoms with Gasteiger partial charge < -0.3 is 16.6 Å². The molecule has 1 aliphatic heterocycles. The van der Waals surface area contributed by atoms with Crippen molar-refractivity contribution >= 4 is 17.5 Å². The van der Waals surface area contributed by atoms with Gasteiger partial charge in [0.25, 0.3) is 0 Å². The number of aromatic amines is 1. The Kier molecular flexibility index (Phi) is 12.2. The van der Waals surface area contributed by atoms with Crippen LogP contribution in [-0.2, 0) is 9.59 Å². The minimum Gasteiger partial charge on any atom is -0.392 e. The Morgan fingerprint density at radius 1 is 1.17 bits per heavy atom. The van der Waals surface area contributed by atoms with Crippen molar-refractivity contribution in [2.24, 2.45) is 5.92 Å². The van der Waals surface area contributed by atoms with Crippen LogP contribution in [0.15, 0.2) is 60.8 Å². The van der Waals surface area contributed by atoms with Gasteiger partial charge >= 0.3 is 0 Å². The molecular weight excluding hydrogens is 528 g/mol. The lowest BCUT2D eigenvalue weighted by atomic mass is 9.84. The van der Waals surface area contributed by atoms with Crippen LogP contribution in [0.3, 0.4) is 0 Å². The third-order valence-corrected chi connectivity index (χ3v) is 7.53. The summed E-state index contributed by atoms with van der Waals surface area (Å²) in [5.74, 6) is 1.31. The standard InChI is InChI=1S/C26H33N3O3.C7H10N2.H3N.2H2/c1-18(2)26(19(3)30)21-8-4-7-20(15-21)22-11-12-24(27-16-22)28-25(32)10-6-14-29-13-5-9-23(31)17-29;1-5-4-7(9-8-5)6-2-3-6;;;/h4,6-8,10-12,15-16,18,23,26,31H,5,9,13-14,17H2,1-3H3,(H,27,28,32);4,6H,2-3H2,1H3,(H,8,9);1H3;2*1H/b10-6+;;;;. The number of aryl methyl sites for hydroxylation is 1. The van der Waals surface area contributed by atoms with Crippen molar-refractivity contribution in [3.63, 3.8) is 0 Å². The van der Waals surface area contributed by atoms with Gasteiger partial charge in [-0.1, -0.05) is 44.2 Å². The third kappa shape index (κ3) is 9.72. The number of aromatic nitrogens is 3. The Hall–Kier alpha value is -3.66. The minimum absolute atomic E-state index is 0. The zero-order valence-corrected chi connectivity index (χ0v) is 25.3. The topological polar surface area (TPSA) is 146 Å². The van der Waals surface area contributed by atoms with Crippen LogP contribution < -0.4 is 11.5 Å². The van der Waals surface area contributed by atoms with Gasteiger partial charge in [-0.25, -0.2) is 4.98 Å². The van der Waals surface area contributed by atoms with Gasteiger partial charge in [0.05, 0.1) is 11.8 Å². The number of pyridine rings is 1. The second kappa shape index (κ2) is 15.5. The molecule has 6 N–H and O–H groups in total. The first-order valence-corrected chi connectivity index (χ1v) is 14.7. The molecule has 1 amide bonds. The molecule has 9 heteroatoms. The van der Waals surface area contributed by atoms with E-state index < -0.39 is 0 Å². The number of hydrogen-bond acceptors (Lipinski definition) is 7. The number of aliphatic hydroxyl groups is 1. The summed E-state index contributed by atoms with van der Waals surface area (Å²) in [7, 11) is 0. The monoisotopic (exact) mass is 578 g/mol. The summed E-state index contributed by atoms with van der Waals surface area (Å²) in [6, 6.07) is 13.8. The second-order valence-electron chi connectivity index (χ2n) is 11.6. The number of ketones is 1. The molecule has 230 valence electrons. The lowest BCUT2D eigenvalue weighted by molar-refractivity contribution is -0.119. The fraction of sp³-hybridized carbons (Fsp3) is 0.455. The maximum atomic E-state index is 12.2. The maximum absolute atomic E-state index is 12.2. The molecule has 1 saturated carbocycles. The number of nitrogens with one attached hydrogen (secondary N) is 2. The highest BCUT2D eigenvalue weighted by Gasteiger charge is 2.25. The van der Waals surface area contributed by atoms with Crippen LogP contribution in [0.1, 0.15) is 78.1 Å². The number of H-pyrrole nitrogens is 1. The molecule has 3 heterocycles. The van der Waals surface area contributed by atoms with E-state index in [1.54, 1.807) is 19.2 Å². The highest BCUT2D eigenvalue weighted by molar-refractivity contribution is 5.98. The summed E-state index contributed by atoms with van der Waals surface area (Å²) in [5, 5.41) is 19.6. The van der Waals surface area contributed by atoms with E-state index in [1.807, 2.05) is 43.3 Å². The molecule has 42 heavy (non-hydrogen) atoms. The van der Waals surface area contributed by atoms with Gasteiger partial charge in [0.15, 0.2) is 0 Å². The SMILES string of the molecule is CC(=O)C(c1cccc(-c2ccc(NC(=O)/C=C/CN3CCCC(O)C3)nc2)c1)C(C)C.Cc1cc(C2CC2)n[nH]1.N.[HH].[HH]. The van der Waals surface area contributed by atoms with E-state index >= 15 is 0 Å². The van der Waals surface area contributed by atoms with Gasteiger partial charge in [-0.2, -0.15) is 5.10 Å². The van der Waals surface area contributed by atoms with E-state index in [9.17, 15) is 14.7 Å². The molecule has 2 aliphatic rings. The van der Waals surface area contributed by atoms with Crippen LogP contribution in [-0.4, -0.2) is 62.6 Å². The van der Waals surface area contributed by atoms with E-state index in [4.69, 9.17) is 0 Å². The smallest absolute Gasteiger partial charge is 0.249 e. The van der Waals surface area contributed by atoms with E-state index in [0.29, 0.717) is 18.9 Å². The van der Waals surface area contributed by atoms with Crippen LogP contribution in [0.2, 0.25) is 0 Å². The van der Waals surface area contributed by atoms with Crippen LogP contribution >= 0.6 is 0 Å². The summed E-state index contributed by atoms with van der Waals surface area (Å²) in [6.45, 7) is 10.0. The molecule has 0 spiro atoms. The predicted octanol–water partition coefficient (Wildman–Crippen LogP) is 6.28. The average Bonchev–Trinajstić information content (AvgIpc) is 3.69. The van der Waals surface area contributed by atoms with Crippen molar-refractivity contribution in [1.29, 1.82) is 0 Å². The zero-order valence-electron chi connectivity index (χ0n) is 25.3. The number of carbonyl (C=O) groups is 2. The summed E-state index contributed by atoms with van der Waals surface area (Å²) >= 11 is 0. The van der Waals surface area contributed by atoms with Crippen molar-refractivity contribution in [1.82, 2.24) is 26.2 Å². The molecule has 9 nitrogen and oxygen atoms in total. The predicted molar refractivity (Wildman–Crippen MR) is 172 cm³/mol. The van der Waals surface area contributed by atoms with Gasteiger partial charge in [-0.3, -0.25) is 19.6 Å². The molecule has 0 radical (unpaired) electrons. The first-order valence-electron chi connectivity index (χ1n) is 14.7. The Labute approximate surface area is 252 Å². The number of benzene rings is 1. The number of rotatable bonds is 9. The number of amides is 1. The molecule has 2 fully saturated rings. The Balaban J connectivity index is 0.000000686. The van der Waals surface area contributed by atoms with Gasteiger partial charge in [0.2, 0.25) is 5.91 Å². The number of piperidine rings is 1. The van der Waals surface area contributed by atoms with Gasteiger partial charge in [0.1, 0.15) is 11.6 Å². The molecule has 1 aromatic carbocycles. The summed E-state index contributed by atoms with van der Waals surface area (Å²) < 4.78 is 0. The van der Waals surface area contributed by atoms with E-state index in [1.165, 1.54) is 30.3 Å². The van der Waals surface area contributed by atoms with E-state index in [0.717, 1.165) is 42.0 Å². The van der Waals surface area contributed by atoms with Crippen LogP contribution in [0.25, 0.3) is 11.1 Å². The zero-order chi connectivity index (χ0) is 29.4. The number of hydrogen-bond donors (Lipinski definition) is 4. The van der Waals surface area contributed by atoms with E-state index in [-0.39, 0.29) is 38.6 Å². The lowest BCUT2D eigenvalue weighted by Gasteiger charge is -2.28. The van der Waals surface area contributed by atoms with Gasteiger partial charge in [-0.05, 0) is 81.3 Å². The number of nitrogens with zero attached hydrogens (tertiary/aromatic N) is 3. The Morgan fingerprint density at radius 2 is 1.95 bits per heavy atom. The second-order valence-corrected chi connectivity index (χ2v) is 11.6. The summed E-state index contributed by atoms with van der Waals surface area (Å²) in [5.41, 5.74) is 5.36. The third-order valence-electron chi connectivity index (χ3n) is 7.53. The minimum atomic E-state index is -0.270. The van der Waals surface area contributed by atoms with Crippen LogP contribution in [0.5, 0.6) is 0 Å². The quantitative estimate of drug-likeness (QED) is 0.219. The number of Topliss-reactive ketones (excluding diaryl/α,β-unsaturated/α-hetero) is 1. The summed E-state index contributed by atoms with van der Waals surface area (Å²) in [6.07, 6.45) is 9.28. The maximum Gasteiger partial charge on any atom is 0.249 e. The van der Waals surface area contributed by atoms with Crippen molar-refractivity contribution in [2.45, 2.75) is 71.3 Å². The lowest BCUT2D eigenvalue weighted by Crippen LogP contribution is -2.38.